The van der Waals surface area contributed by atoms with Gasteiger partial charge in [0, 0.05) is 24.5 Å². The molecular formula is C21H26Br2N2. The van der Waals surface area contributed by atoms with Gasteiger partial charge in [0.05, 0.1) is 0 Å². The molecule has 0 aliphatic carbocycles. The standard InChI is InChI=1S/C21H26Br2N2/c1-13-9-15(3)19(16(4)10-13)24-7-8-25(21(24,22)23)20-17(5)11-14(2)12-18(20)6/h9-12H,7-8H2,1-6H3. The predicted octanol–water partition coefficient (Wildman–Crippen LogP) is 6.26. The van der Waals surface area contributed by atoms with Gasteiger partial charge in [-0.05, 0) is 95.7 Å². The highest BCUT2D eigenvalue weighted by atomic mass is 79.9. The van der Waals surface area contributed by atoms with Crippen LogP contribution in [-0.4, -0.2) is 16.6 Å². The van der Waals surface area contributed by atoms with Gasteiger partial charge in [-0.15, -0.1) is 0 Å². The van der Waals surface area contributed by atoms with Crippen molar-refractivity contribution in [2.75, 3.05) is 22.9 Å². The molecule has 4 heteroatoms. The summed E-state index contributed by atoms with van der Waals surface area (Å²) < 4.78 is -0.421. The van der Waals surface area contributed by atoms with E-state index in [0.29, 0.717) is 0 Å². The van der Waals surface area contributed by atoms with E-state index in [4.69, 9.17) is 0 Å². The Morgan fingerprint density at radius 3 is 1.20 bits per heavy atom. The van der Waals surface area contributed by atoms with E-state index >= 15 is 0 Å². The van der Waals surface area contributed by atoms with E-state index in [1.165, 1.54) is 44.8 Å². The van der Waals surface area contributed by atoms with E-state index in [9.17, 15) is 0 Å². The fourth-order valence-corrected chi connectivity index (χ4v) is 5.72. The van der Waals surface area contributed by atoms with E-state index in [2.05, 4.69) is 107 Å². The van der Waals surface area contributed by atoms with Crippen molar-refractivity contribution in [2.45, 2.75) is 45.0 Å². The van der Waals surface area contributed by atoms with Crippen LogP contribution in [0.2, 0.25) is 0 Å². The minimum Gasteiger partial charge on any atom is -0.328 e. The Hall–Kier alpha value is -1.000. The van der Waals surface area contributed by atoms with Crippen LogP contribution in [0.3, 0.4) is 0 Å². The van der Waals surface area contributed by atoms with Crippen LogP contribution in [0.4, 0.5) is 11.4 Å². The molecule has 1 heterocycles. The Morgan fingerprint density at radius 1 is 0.640 bits per heavy atom. The largest absolute Gasteiger partial charge is 0.328 e. The summed E-state index contributed by atoms with van der Waals surface area (Å²) >= 11 is 7.98. The number of alkyl halides is 2. The number of hydrogen-bond donors (Lipinski definition) is 0. The molecule has 0 saturated carbocycles. The molecule has 0 bridgehead atoms. The molecule has 1 fully saturated rings. The van der Waals surface area contributed by atoms with Crippen molar-refractivity contribution in [1.82, 2.24) is 0 Å². The third kappa shape index (κ3) is 3.23. The summed E-state index contributed by atoms with van der Waals surface area (Å²) in [6, 6.07) is 9.07. The Balaban J connectivity index is 2.07. The SMILES string of the molecule is Cc1cc(C)c(N2CCN(c3c(C)cc(C)cc3C)C2(Br)Br)c(C)c1. The number of nitrogens with zero attached hydrogens (tertiary/aromatic N) is 2. The number of anilines is 2. The first-order chi connectivity index (χ1) is 11.6. The minimum atomic E-state index is -0.421. The lowest BCUT2D eigenvalue weighted by Gasteiger charge is -2.39. The van der Waals surface area contributed by atoms with Gasteiger partial charge in [0.1, 0.15) is 0 Å². The molecular weight excluding hydrogens is 440 g/mol. The highest BCUT2D eigenvalue weighted by Crippen LogP contribution is 2.47. The summed E-state index contributed by atoms with van der Waals surface area (Å²) in [4.78, 5) is 4.85. The van der Waals surface area contributed by atoms with E-state index in [-0.39, 0.29) is 0 Å². The topological polar surface area (TPSA) is 6.48 Å². The van der Waals surface area contributed by atoms with Gasteiger partial charge in [-0.3, -0.25) is 0 Å². The molecule has 1 aliphatic rings. The quantitative estimate of drug-likeness (QED) is 0.381. The molecule has 25 heavy (non-hydrogen) atoms. The summed E-state index contributed by atoms with van der Waals surface area (Å²) in [5.41, 5.74) is 10.5. The van der Waals surface area contributed by atoms with Gasteiger partial charge in [-0.1, -0.05) is 35.4 Å². The zero-order valence-corrected chi connectivity index (χ0v) is 19.0. The van der Waals surface area contributed by atoms with Crippen LogP contribution >= 0.6 is 31.9 Å². The van der Waals surface area contributed by atoms with Crippen molar-refractivity contribution >= 4 is 43.2 Å². The summed E-state index contributed by atoms with van der Waals surface area (Å²) in [5, 5.41) is 0. The smallest absolute Gasteiger partial charge is 0.228 e. The molecule has 0 radical (unpaired) electrons. The zero-order valence-electron chi connectivity index (χ0n) is 15.9. The van der Waals surface area contributed by atoms with Crippen LogP contribution in [0.25, 0.3) is 0 Å². The Bertz CT molecular complexity index is 713. The lowest BCUT2D eigenvalue weighted by molar-refractivity contribution is 0.845. The van der Waals surface area contributed by atoms with Crippen LogP contribution < -0.4 is 9.80 Å². The lowest BCUT2D eigenvalue weighted by Crippen LogP contribution is -2.44. The maximum atomic E-state index is 3.99. The lowest BCUT2D eigenvalue weighted by atomic mass is 10.0. The highest BCUT2D eigenvalue weighted by molar-refractivity contribution is 9.25. The van der Waals surface area contributed by atoms with Crippen molar-refractivity contribution in [3.05, 3.63) is 57.6 Å². The minimum absolute atomic E-state index is 0.421. The fourth-order valence-electron chi connectivity index (χ4n) is 4.30. The van der Waals surface area contributed by atoms with Crippen molar-refractivity contribution in [3.63, 3.8) is 0 Å². The second-order valence-electron chi connectivity index (χ2n) is 7.31. The van der Waals surface area contributed by atoms with Crippen LogP contribution in [0.15, 0.2) is 24.3 Å². The summed E-state index contributed by atoms with van der Waals surface area (Å²) in [7, 11) is 0. The number of hydrogen-bond acceptors (Lipinski definition) is 2. The summed E-state index contributed by atoms with van der Waals surface area (Å²) in [6.07, 6.45) is 0. The average Bonchev–Trinajstić information content (AvgIpc) is 2.73. The Labute approximate surface area is 168 Å². The molecule has 1 saturated heterocycles. The number of halogens is 2. The maximum absolute atomic E-state index is 3.99. The van der Waals surface area contributed by atoms with Gasteiger partial charge < -0.3 is 9.80 Å². The molecule has 2 nitrogen and oxygen atoms in total. The summed E-state index contributed by atoms with van der Waals surface area (Å²) in [6.45, 7) is 15.1. The normalized spacial score (nSPS) is 16.6. The van der Waals surface area contributed by atoms with Gasteiger partial charge in [-0.25, -0.2) is 0 Å². The van der Waals surface area contributed by atoms with Crippen molar-refractivity contribution in [3.8, 4) is 0 Å². The highest BCUT2D eigenvalue weighted by Gasteiger charge is 2.45. The molecule has 3 rings (SSSR count). The molecule has 1 aliphatic heterocycles. The van der Waals surface area contributed by atoms with E-state index in [0.717, 1.165) is 13.1 Å². The first-order valence-electron chi connectivity index (χ1n) is 8.71. The van der Waals surface area contributed by atoms with Crippen LogP contribution in [0.5, 0.6) is 0 Å². The molecule has 0 N–H and O–H groups in total. The number of aryl methyl sites for hydroxylation is 6. The second kappa shape index (κ2) is 6.62. The van der Waals surface area contributed by atoms with Gasteiger partial charge in [-0.2, -0.15) is 0 Å². The van der Waals surface area contributed by atoms with Crippen molar-refractivity contribution in [1.29, 1.82) is 0 Å². The van der Waals surface area contributed by atoms with Gasteiger partial charge in [0.25, 0.3) is 0 Å². The third-order valence-corrected chi connectivity index (χ3v) is 6.72. The van der Waals surface area contributed by atoms with Gasteiger partial charge >= 0.3 is 0 Å². The Kier molecular flexibility index (Phi) is 4.97. The first kappa shape index (κ1) is 18.8. The zero-order chi connectivity index (χ0) is 18.5. The predicted molar refractivity (Wildman–Crippen MR) is 117 cm³/mol. The number of rotatable bonds is 2. The van der Waals surface area contributed by atoms with E-state index < -0.39 is 3.48 Å². The van der Waals surface area contributed by atoms with Crippen LogP contribution in [0.1, 0.15) is 33.4 Å². The third-order valence-electron chi connectivity index (χ3n) is 5.01. The first-order valence-corrected chi connectivity index (χ1v) is 10.3. The maximum Gasteiger partial charge on any atom is 0.228 e. The van der Waals surface area contributed by atoms with Gasteiger partial charge in [0.15, 0.2) is 0 Å². The molecule has 2 aromatic rings. The molecule has 0 spiro atoms. The molecule has 0 atom stereocenters. The molecule has 0 amide bonds. The van der Waals surface area contributed by atoms with Crippen molar-refractivity contribution < 1.29 is 0 Å². The second-order valence-corrected chi connectivity index (χ2v) is 10.6. The molecule has 2 aromatic carbocycles. The molecule has 134 valence electrons. The molecule has 0 unspecified atom stereocenters. The Morgan fingerprint density at radius 2 is 0.920 bits per heavy atom. The van der Waals surface area contributed by atoms with Crippen LogP contribution in [-0.2, 0) is 0 Å². The fraction of sp³-hybridized carbons (Fsp3) is 0.429. The average molecular weight is 466 g/mol. The van der Waals surface area contributed by atoms with Crippen LogP contribution in [0, 0.1) is 41.5 Å². The van der Waals surface area contributed by atoms with E-state index in [1.54, 1.807) is 0 Å². The van der Waals surface area contributed by atoms with Gasteiger partial charge in [0.2, 0.25) is 3.48 Å². The van der Waals surface area contributed by atoms with E-state index in [1.807, 2.05) is 0 Å². The summed E-state index contributed by atoms with van der Waals surface area (Å²) in [5.74, 6) is 0. The number of benzene rings is 2. The van der Waals surface area contributed by atoms with Crippen molar-refractivity contribution in [2.24, 2.45) is 0 Å². The monoisotopic (exact) mass is 464 g/mol. The molecule has 0 aromatic heterocycles.